The van der Waals surface area contributed by atoms with E-state index in [1.54, 1.807) is 7.11 Å². The van der Waals surface area contributed by atoms with Crippen molar-refractivity contribution in [2.45, 2.75) is 13.3 Å². The third-order valence-electron chi connectivity index (χ3n) is 3.45. The van der Waals surface area contributed by atoms with Gasteiger partial charge in [-0.25, -0.2) is 0 Å². The van der Waals surface area contributed by atoms with Crippen LogP contribution in [-0.4, -0.2) is 31.8 Å². The number of hydrogen-bond donors (Lipinski definition) is 1. The Balaban J connectivity index is 2.23. The van der Waals surface area contributed by atoms with Gasteiger partial charge in [0.15, 0.2) is 0 Å². The van der Waals surface area contributed by atoms with Crippen LogP contribution in [-0.2, 0) is 4.74 Å². The van der Waals surface area contributed by atoms with Crippen LogP contribution in [0.2, 0.25) is 0 Å². The minimum Gasteiger partial charge on any atom is -0.389 e. The summed E-state index contributed by atoms with van der Waals surface area (Å²) < 4.78 is 5.23. The van der Waals surface area contributed by atoms with Crippen molar-refractivity contribution < 1.29 is 4.74 Å². The summed E-state index contributed by atoms with van der Waals surface area (Å²) in [4.78, 5) is 2.84. The average molecular weight is 264 g/mol. The SMILES string of the molecule is COCC1CCN(c2cc(C)ccc2C(N)=S)C1. The lowest BCUT2D eigenvalue weighted by Gasteiger charge is -2.22. The molecule has 1 aromatic rings. The fraction of sp³-hybridized carbons (Fsp3) is 0.500. The Morgan fingerprint density at radius 3 is 3.00 bits per heavy atom. The number of nitrogens with two attached hydrogens (primary N) is 1. The molecular formula is C14H20N2OS. The first-order valence-corrected chi connectivity index (χ1v) is 6.67. The molecule has 0 aliphatic carbocycles. The largest absolute Gasteiger partial charge is 0.389 e. The molecule has 1 heterocycles. The number of aryl methyl sites for hydroxylation is 1. The molecule has 0 spiro atoms. The lowest BCUT2D eigenvalue weighted by atomic mass is 10.1. The monoisotopic (exact) mass is 264 g/mol. The molecular weight excluding hydrogens is 244 g/mol. The third kappa shape index (κ3) is 2.82. The zero-order chi connectivity index (χ0) is 13.1. The number of hydrogen-bond acceptors (Lipinski definition) is 3. The van der Waals surface area contributed by atoms with E-state index in [4.69, 9.17) is 22.7 Å². The Morgan fingerprint density at radius 2 is 2.33 bits per heavy atom. The summed E-state index contributed by atoms with van der Waals surface area (Å²) in [7, 11) is 1.76. The van der Waals surface area contributed by atoms with Gasteiger partial charge in [-0.05, 0) is 31.0 Å². The maximum Gasteiger partial charge on any atom is 0.106 e. The second-order valence-electron chi connectivity index (χ2n) is 4.94. The summed E-state index contributed by atoms with van der Waals surface area (Å²) in [6.45, 7) is 4.99. The molecule has 0 radical (unpaired) electrons. The van der Waals surface area contributed by atoms with Gasteiger partial charge in [0.05, 0.1) is 6.61 Å². The first-order valence-electron chi connectivity index (χ1n) is 6.26. The highest BCUT2D eigenvalue weighted by Crippen LogP contribution is 2.28. The molecule has 4 heteroatoms. The predicted molar refractivity (Wildman–Crippen MR) is 79.3 cm³/mol. The van der Waals surface area contributed by atoms with Crippen molar-refractivity contribution in [3.8, 4) is 0 Å². The molecule has 2 rings (SSSR count). The van der Waals surface area contributed by atoms with Crippen LogP contribution in [0.4, 0.5) is 5.69 Å². The van der Waals surface area contributed by atoms with Crippen molar-refractivity contribution >= 4 is 22.9 Å². The first-order chi connectivity index (χ1) is 8.61. The zero-order valence-electron chi connectivity index (χ0n) is 11.0. The first kappa shape index (κ1) is 13.3. The lowest BCUT2D eigenvalue weighted by molar-refractivity contribution is 0.161. The van der Waals surface area contributed by atoms with E-state index < -0.39 is 0 Å². The minimum atomic E-state index is 0.472. The number of methoxy groups -OCH3 is 1. The van der Waals surface area contributed by atoms with Gasteiger partial charge in [-0.2, -0.15) is 0 Å². The Bertz CT molecular complexity index is 447. The van der Waals surface area contributed by atoms with Crippen LogP contribution in [0.3, 0.4) is 0 Å². The Morgan fingerprint density at radius 1 is 1.56 bits per heavy atom. The Labute approximate surface area is 114 Å². The van der Waals surface area contributed by atoms with E-state index in [-0.39, 0.29) is 0 Å². The standard InChI is InChI=1S/C14H20N2OS/c1-10-3-4-12(14(15)18)13(7-10)16-6-5-11(8-16)9-17-2/h3-4,7,11H,5-6,8-9H2,1-2H3,(H2,15,18). The molecule has 2 N–H and O–H groups in total. The van der Waals surface area contributed by atoms with Crippen LogP contribution in [0.5, 0.6) is 0 Å². The predicted octanol–water partition coefficient (Wildman–Crippen LogP) is 2.10. The van der Waals surface area contributed by atoms with Gasteiger partial charge in [-0.3, -0.25) is 0 Å². The van der Waals surface area contributed by atoms with Crippen molar-refractivity contribution in [3.63, 3.8) is 0 Å². The van der Waals surface area contributed by atoms with Crippen molar-refractivity contribution in [3.05, 3.63) is 29.3 Å². The van der Waals surface area contributed by atoms with E-state index in [9.17, 15) is 0 Å². The van der Waals surface area contributed by atoms with Crippen molar-refractivity contribution in [1.82, 2.24) is 0 Å². The molecule has 98 valence electrons. The second-order valence-corrected chi connectivity index (χ2v) is 5.38. The molecule has 0 bridgehead atoms. The van der Waals surface area contributed by atoms with Gasteiger partial charge in [0, 0.05) is 37.4 Å². The molecule has 1 aromatic carbocycles. The lowest BCUT2D eigenvalue weighted by Crippen LogP contribution is -2.24. The van der Waals surface area contributed by atoms with E-state index in [1.807, 2.05) is 6.07 Å². The quantitative estimate of drug-likeness (QED) is 0.845. The fourth-order valence-corrected chi connectivity index (χ4v) is 2.71. The molecule has 18 heavy (non-hydrogen) atoms. The van der Waals surface area contributed by atoms with Gasteiger partial charge in [-0.1, -0.05) is 18.3 Å². The molecule has 1 fully saturated rings. The molecule has 0 aromatic heterocycles. The number of rotatable bonds is 4. The summed E-state index contributed by atoms with van der Waals surface area (Å²) in [5, 5.41) is 0. The fourth-order valence-electron chi connectivity index (χ4n) is 2.53. The van der Waals surface area contributed by atoms with Gasteiger partial charge in [-0.15, -0.1) is 0 Å². The Hall–Kier alpha value is -1.13. The maximum absolute atomic E-state index is 5.81. The molecule has 0 saturated carbocycles. The third-order valence-corrected chi connectivity index (χ3v) is 3.67. The molecule has 1 saturated heterocycles. The van der Waals surface area contributed by atoms with Gasteiger partial charge in [0.2, 0.25) is 0 Å². The number of nitrogens with zero attached hydrogens (tertiary/aromatic N) is 1. The van der Waals surface area contributed by atoms with Crippen LogP contribution >= 0.6 is 12.2 Å². The highest BCUT2D eigenvalue weighted by molar-refractivity contribution is 7.80. The van der Waals surface area contributed by atoms with Crippen molar-refractivity contribution in [2.24, 2.45) is 11.7 Å². The summed E-state index contributed by atoms with van der Waals surface area (Å²) >= 11 is 5.14. The van der Waals surface area contributed by atoms with E-state index in [2.05, 4.69) is 24.0 Å². The van der Waals surface area contributed by atoms with Crippen molar-refractivity contribution in [2.75, 3.05) is 31.7 Å². The molecule has 0 amide bonds. The highest BCUT2D eigenvalue weighted by Gasteiger charge is 2.24. The normalized spacial score (nSPS) is 19.2. The van der Waals surface area contributed by atoms with E-state index >= 15 is 0 Å². The smallest absolute Gasteiger partial charge is 0.106 e. The minimum absolute atomic E-state index is 0.472. The maximum atomic E-state index is 5.81. The molecule has 1 unspecified atom stereocenters. The molecule has 3 nitrogen and oxygen atoms in total. The van der Waals surface area contributed by atoms with Crippen LogP contribution in [0.15, 0.2) is 18.2 Å². The van der Waals surface area contributed by atoms with E-state index in [0.717, 1.165) is 25.3 Å². The van der Waals surface area contributed by atoms with Gasteiger partial charge in [0.25, 0.3) is 0 Å². The summed E-state index contributed by atoms with van der Waals surface area (Å²) in [6.07, 6.45) is 1.17. The van der Waals surface area contributed by atoms with Crippen LogP contribution < -0.4 is 10.6 Å². The molecule has 1 aliphatic heterocycles. The number of anilines is 1. The van der Waals surface area contributed by atoms with Gasteiger partial charge in [0.1, 0.15) is 4.99 Å². The van der Waals surface area contributed by atoms with E-state index in [0.29, 0.717) is 10.9 Å². The van der Waals surface area contributed by atoms with Gasteiger partial charge >= 0.3 is 0 Å². The number of benzene rings is 1. The summed E-state index contributed by atoms with van der Waals surface area (Å²) in [5.41, 5.74) is 9.19. The Kier molecular flexibility index (Phi) is 4.19. The highest BCUT2D eigenvalue weighted by atomic mass is 32.1. The van der Waals surface area contributed by atoms with E-state index in [1.165, 1.54) is 17.7 Å². The van der Waals surface area contributed by atoms with Gasteiger partial charge < -0.3 is 15.4 Å². The second kappa shape index (κ2) is 5.67. The van der Waals surface area contributed by atoms with Crippen LogP contribution in [0.25, 0.3) is 0 Å². The summed E-state index contributed by atoms with van der Waals surface area (Å²) in [5.74, 6) is 0.606. The topological polar surface area (TPSA) is 38.5 Å². The number of thiocarbonyl (C=S) groups is 1. The van der Waals surface area contributed by atoms with Crippen molar-refractivity contribution in [1.29, 1.82) is 0 Å². The number of ether oxygens (including phenoxy) is 1. The zero-order valence-corrected chi connectivity index (χ0v) is 11.8. The van der Waals surface area contributed by atoms with Crippen LogP contribution in [0.1, 0.15) is 17.5 Å². The van der Waals surface area contributed by atoms with Crippen LogP contribution in [0, 0.1) is 12.8 Å². The molecule has 1 atom stereocenters. The molecule has 1 aliphatic rings. The average Bonchev–Trinajstić information content (AvgIpc) is 2.77. The summed E-state index contributed by atoms with van der Waals surface area (Å²) in [6, 6.07) is 6.25.